The average molecular weight is 198 g/mol. The number of carbonyl (C=O) groups is 1. The number of rotatable bonds is 5. The molecule has 3 heteroatoms. The molecule has 1 aliphatic rings. The van der Waals surface area contributed by atoms with E-state index in [-0.39, 0.29) is 11.9 Å². The van der Waals surface area contributed by atoms with E-state index in [1.807, 2.05) is 6.92 Å². The molecular weight excluding hydrogens is 176 g/mol. The molecule has 0 bridgehead atoms. The van der Waals surface area contributed by atoms with Gasteiger partial charge in [0.2, 0.25) is 5.91 Å². The summed E-state index contributed by atoms with van der Waals surface area (Å²) in [5.74, 6) is 0.871. The van der Waals surface area contributed by atoms with Crippen LogP contribution in [0.5, 0.6) is 0 Å². The van der Waals surface area contributed by atoms with Gasteiger partial charge in [0.25, 0.3) is 0 Å². The molecule has 2 atom stereocenters. The SMILES string of the molecule is CC(N)CCC(=O)NC(C)C1CCC1. The molecule has 2 unspecified atom stereocenters. The highest BCUT2D eigenvalue weighted by Gasteiger charge is 2.24. The lowest BCUT2D eigenvalue weighted by Crippen LogP contribution is -2.40. The van der Waals surface area contributed by atoms with Gasteiger partial charge in [-0.25, -0.2) is 0 Å². The first kappa shape index (κ1) is 11.5. The third kappa shape index (κ3) is 3.66. The Kier molecular flexibility index (Phi) is 4.39. The molecule has 0 saturated heterocycles. The van der Waals surface area contributed by atoms with Gasteiger partial charge in [-0.15, -0.1) is 0 Å². The highest BCUT2D eigenvalue weighted by Crippen LogP contribution is 2.29. The Morgan fingerprint density at radius 1 is 1.50 bits per heavy atom. The van der Waals surface area contributed by atoms with Gasteiger partial charge >= 0.3 is 0 Å². The van der Waals surface area contributed by atoms with Crippen LogP contribution in [0.4, 0.5) is 0 Å². The largest absolute Gasteiger partial charge is 0.353 e. The van der Waals surface area contributed by atoms with Crippen LogP contribution < -0.4 is 11.1 Å². The fourth-order valence-corrected chi connectivity index (χ4v) is 1.74. The van der Waals surface area contributed by atoms with Crippen LogP contribution in [0.1, 0.15) is 46.0 Å². The van der Waals surface area contributed by atoms with E-state index in [9.17, 15) is 4.79 Å². The second-order valence-corrected chi connectivity index (χ2v) is 4.56. The molecule has 0 spiro atoms. The Hall–Kier alpha value is -0.570. The van der Waals surface area contributed by atoms with E-state index in [1.165, 1.54) is 19.3 Å². The first-order chi connectivity index (χ1) is 6.59. The zero-order valence-corrected chi connectivity index (χ0v) is 9.25. The minimum absolute atomic E-state index is 0.125. The van der Waals surface area contributed by atoms with E-state index < -0.39 is 0 Å². The summed E-state index contributed by atoms with van der Waals surface area (Å²) in [6.45, 7) is 4.04. The molecule has 0 aromatic rings. The van der Waals surface area contributed by atoms with Gasteiger partial charge in [0, 0.05) is 18.5 Å². The number of nitrogens with one attached hydrogen (secondary N) is 1. The fraction of sp³-hybridized carbons (Fsp3) is 0.909. The summed E-state index contributed by atoms with van der Waals surface area (Å²) < 4.78 is 0. The summed E-state index contributed by atoms with van der Waals surface area (Å²) in [5.41, 5.74) is 5.59. The molecule has 3 N–H and O–H groups in total. The minimum atomic E-state index is 0.125. The third-order valence-electron chi connectivity index (χ3n) is 3.07. The van der Waals surface area contributed by atoms with Gasteiger partial charge in [-0.3, -0.25) is 4.79 Å². The normalized spacial score (nSPS) is 21.1. The maximum Gasteiger partial charge on any atom is 0.220 e. The van der Waals surface area contributed by atoms with Crippen LogP contribution in [-0.4, -0.2) is 18.0 Å². The quantitative estimate of drug-likeness (QED) is 0.702. The second-order valence-electron chi connectivity index (χ2n) is 4.56. The summed E-state index contributed by atoms with van der Waals surface area (Å²) in [4.78, 5) is 11.4. The van der Waals surface area contributed by atoms with E-state index >= 15 is 0 Å². The lowest BCUT2D eigenvalue weighted by molar-refractivity contribution is -0.122. The Morgan fingerprint density at radius 2 is 2.14 bits per heavy atom. The van der Waals surface area contributed by atoms with Crippen molar-refractivity contribution in [1.82, 2.24) is 5.32 Å². The Bertz CT molecular complexity index is 188. The average Bonchev–Trinajstić information content (AvgIpc) is 1.97. The van der Waals surface area contributed by atoms with Crippen LogP contribution in [-0.2, 0) is 4.79 Å². The molecule has 14 heavy (non-hydrogen) atoms. The topological polar surface area (TPSA) is 55.1 Å². The lowest BCUT2D eigenvalue weighted by atomic mass is 9.80. The molecule has 0 radical (unpaired) electrons. The summed E-state index contributed by atoms with van der Waals surface area (Å²) in [5, 5.41) is 3.04. The monoisotopic (exact) mass is 198 g/mol. The van der Waals surface area contributed by atoms with Gasteiger partial charge in [-0.05, 0) is 39.0 Å². The minimum Gasteiger partial charge on any atom is -0.353 e. The summed E-state index contributed by atoms with van der Waals surface area (Å²) in [6.07, 6.45) is 5.21. The molecule has 3 nitrogen and oxygen atoms in total. The van der Waals surface area contributed by atoms with Crippen molar-refractivity contribution in [3.8, 4) is 0 Å². The standard InChI is InChI=1S/C11H22N2O/c1-8(12)6-7-11(14)13-9(2)10-4-3-5-10/h8-10H,3-7,12H2,1-2H3,(H,13,14). The van der Waals surface area contributed by atoms with Crippen LogP contribution in [0, 0.1) is 5.92 Å². The molecule has 82 valence electrons. The summed E-state index contributed by atoms with van der Waals surface area (Å²) >= 11 is 0. The van der Waals surface area contributed by atoms with E-state index in [0.29, 0.717) is 18.4 Å². The Morgan fingerprint density at radius 3 is 2.57 bits per heavy atom. The maximum absolute atomic E-state index is 11.4. The predicted molar refractivity (Wildman–Crippen MR) is 57.8 cm³/mol. The number of amides is 1. The molecule has 1 amide bonds. The van der Waals surface area contributed by atoms with E-state index in [0.717, 1.165) is 6.42 Å². The van der Waals surface area contributed by atoms with Crippen molar-refractivity contribution in [3.05, 3.63) is 0 Å². The molecule has 0 aromatic heterocycles. The van der Waals surface area contributed by atoms with Gasteiger partial charge in [0.1, 0.15) is 0 Å². The third-order valence-corrected chi connectivity index (χ3v) is 3.07. The summed E-state index contributed by atoms with van der Waals surface area (Å²) in [6, 6.07) is 0.476. The molecule has 1 aliphatic carbocycles. The van der Waals surface area contributed by atoms with Crippen molar-refractivity contribution in [1.29, 1.82) is 0 Å². The van der Waals surface area contributed by atoms with Crippen LogP contribution in [0.15, 0.2) is 0 Å². The zero-order chi connectivity index (χ0) is 10.6. The van der Waals surface area contributed by atoms with Crippen LogP contribution >= 0.6 is 0 Å². The fourth-order valence-electron chi connectivity index (χ4n) is 1.74. The van der Waals surface area contributed by atoms with Gasteiger partial charge in [-0.1, -0.05) is 6.42 Å². The summed E-state index contributed by atoms with van der Waals surface area (Å²) in [7, 11) is 0. The molecule has 1 fully saturated rings. The predicted octanol–water partition coefficient (Wildman–Crippen LogP) is 1.42. The van der Waals surface area contributed by atoms with Gasteiger partial charge < -0.3 is 11.1 Å². The van der Waals surface area contributed by atoms with Crippen molar-refractivity contribution in [2.24, 2.45) is 11.7 Å². The van der Waals surface area contributed by atoms with Crippen molar-refractivity contribution >= 4 is 5.91 Å². The molecule has 0 aromatic carbocycles. The molecule has 0 aliphatic heterocycles. The molecular formula is C11H22N2O. The highest BCUT2D eigenvalue weighted by molar-refractivity contribution is 5.76. The number of hydrogen-bond donors (Lipinski definition) is 2. The van der Waals surface area contributed by atoms with E-state index in [2.05, 4.69) is 12.2 Å². The Balaban J connectivity index is 2.12. The Labute approximate surface area is 86.4 Å². The number of carbonyl (C=O) groups excluding carboxylic acids is 1. The van der Waals surface area contributed by atoms with Crippen LogP contribution in [0.3, 0.4) is 0 Å². The van der Waals surface area contributed by atoms with Gasteiger partial charge in [0.15, 0.2) is 0 Å². The maximum atomic E-state index is 11.4. The zero-order valence-electron chi connectivity index (χ0n) is 9.25. The lowest BCUT2D eigenvalue weighted by Gasteiger charge is -2.31. The van der Waals surface area contributed by atoms with Crippen LogP contribution in [0.2, 0.25) is 0 Å². The first-order valence-electron chi connectivity index (χ1n) is 5.64. The van der Waals surface area contributed by atoms with E-state index in [4.69, 9.17) is 5.73 Å². The molecule has 0 heterocycles. The number of hydrogen-bond acceptors (Lipinski definition) is 2. The van der Waals surface area contributed by atoms with Crippen molar-refractivity contribution in [3.63, 3.8) is 0 Å². The van der Waals surface area contributed by atoms with Crippen molar-refractivity contribution in [2.45, 2.75) is 58.0 Å². The molecule has 1 saturated carbocycles. The number of nitrogens with two attached hydrogens (primary N) is 1. The molecule has 1 rings (SSSR count). The second kappa shape index (κ2) is 5.35. The highest BCUT2D eigenvalue weighted by atomic mass is 16.1. The van der Waals surface area contributed by atoms with Crippen molar-refractivity contribution < 1.29 is 4.79 Å². The first-order valence-corrected chi connectivity index (χ1v) is 5.64. The van der Waals surface area contributed by atoms with Gasteiger partial charge in [0.05, 0.1) is 0 Å². The smallest absolute Gasteiger partial charge is 0.220 e. The van der Waals surface area contributed by atoms with Gasteiger partial charge in [-0.2, -0.15) is 0 Å². The van der Waals surface area contributed by atoms with Crippen molar-refractivity contribution in [2.75, 3.05) is 0 Å². The van der Waals surface area contributed by atoms with Crippen LogP contribution in [0.25, 0.3) is 0 Å². The van der Waals surface area contributed by atoms with E-state index in [1.54, 1.807) is 0 Å².